The van der Waals surface area contributed by atoms with Crippen molar-refractivity contribution in [2.75, 3.05) is 13.2 Å². The van der Waals surface area contributed by atoms with Gasteiger partial charge in [0.05, 0.1) is 13.2 Å². The first kappa shape index (κ1) is 24.0. The molecule has 156 valence electrons. The number of benzene rings is 1. The van der Waals surface area contributed by atoms with E-state index < -0.39 is 5.54 Å². The maximum absolute atomic E-state index is 9.40. The summed E-state index contributed by atoms with van der Waals surface area (Å²) in [5.74, 6) is 2.61. The number of nitrogens with two attached hydrogens (primary N) is 1. The van der Waals surface area contributed by atoms with Crippen LogP contribution >= 0.6 is 0 Å². The average molecular weight is 378 g/mol. The van der Waals surface area contributed by atoms with E-state index in [0.717, 1.165) is 49.9 Å². The summed E-state index contributed by atoms with van der Waals surface area (Å²) in [6, 6.07) is 8.32. The smallest absolute Gasteiger partial charge is 0.119 e. The third kappa shape index (κ3) is 10.8. The van der Waals surface area contributed by atoms with E-state index in [1.165, 1.54) is 37.7 Å². The molecule has 1 unspecified atom stereocenters. The second-order valence-corrected chi connectivity index (χ2v) is 8.79. The van der Waals surface area contributed by atoms with E-state index in [-0.39, 0.29) is 6.61 Å². The van der Waals surface area contributed by atoms with Crippen LogP contribution in [0, 0.1) is 11.8 Å². The van der Waals surface area contributed by atoms with Gasteiger partial charge >= 0.3 is 0 Å². The Bertz CT molecular complexity index is 480. The minimum atomic E-state index is -0.457. The van der Waals surface area contributed by atoms with Crippen LogP contribution in [0.2, 0.25) is 0 Å². The summed E-state index contributed by atoms with van der Waals surface area (Å²) >= 11 is 0. The van der Waals surface area contributed by atoms with Gasteiger partial charge in [-0.25, -0.2) is 0 Å². The molecule has 0 aliphatic carbocycles. The maximum Gasteiger partial charge on any atom is 0.119 e. The highest BCUT2D eigenvalue weighted by atomic mass is 16.5. The quantitative estimate of drug-likeness (QED) is 0.384. The maximum atomic E-state index is 9.40. The second-order valence-electron chi connectivity index (χ2n) is 8.79. The van der Waals surface area contributed by atoms with E-state index in [0.29, 0.717) is 0 Å². The van der Waals surface area contributed by atoms with Crippen molar-refractivity contribution < 1.29 is 9.84 Å². The van der Waals surface area contributed by atoms with Gasteiger partial charge in [-0.3, -0.25) is 0 Å². The van der Waals surface area contributed by atoms with Gasteiger partial charge < -0.3 is 15.6 Å². The van der Waals surface area contributed by atoms with E-state index in [2.05, 4.69) is 32.9 Å². The molecule has 0 aliphatic heterocycles. The van der Waals surface area contributed by atoms with Gasteiger partial charge in [0.2, 0.25) is 0 Å². The molecule has 0 saturated carbocycles. The van der Waals surface area contributed by atoms with Crippen molar-refractivity contribution in [2.45, 2.75) is 91.0 Å². The summed E-state index contributed by atoms with van der Waals surface area (Å²) in [6.07, 6.45) is 10.2. The van der Waals surface area contributed by atoms with Crippen molar-refractivity contribution in [3.05, 3.63) is 29.8 Å². The summed E-state index contributed by atoms with van der Waals surface area (Å²) in [4.78, 5) is 0. The lowest BCUT2D eigenvalue weighted by Crippen LogP contribution is -2.43. The number of aryl methyl sites for hydroxylation is 1. The highest BCUT2D eigenvalue weighted by Crippen LogP contribution is 2.20. The molecule has 0 saturated heterocycles. The molecule has 3 heteroatoms. The Morgan fingerprint density at radius 2 is 1.67 bits per heavy atom. The minimum Gasteiger partial charge on any atom is -0.494 e. The highest BCUT2D eigenvalue weighted by molar-refractivity contribution is 5.27. The molecule has 1 rings (SSSR count). The molecule has 1 aromatic rings. The number of unbranched alkanes of at least 4 members (excludes halogenated alkanes) is 1. The molecular weight excluding hydrogens is 334 g/mol. The predicted octanol–water partition coefficient (Wildman–Crippen LogP) is 5.73. The molecule has 1 aromatic carbocycles. The number of aliphatic hydroxyl groups is 1. The molecule has 27 heavy (non-hydrogen) atoms. The van der Waals surface area contributed by atoms with Gasteiger partial charge in [0, 0.05) is 5.54 Å². The van der Waals surface area contributed by atoms with Crippen LogP contribution < -0.4 is 10.5 Å². The third-order valence-corrected chi connectivity index (χ3v) is 5.69. The molecule has 0 aromatic heterocycles. The van der Waals surface area contributed by atoms with E-state index >= 15 is 0 Å². The molecule has 0 radical (unpaired) electrons. The molecule has 0 amide bonds. The Labute approximate surface area is 167 Å². The molecule has 3 nitrogen and oxygen atoms in total. The Morgan fingerprint density at radius 1 is 1.00 bits per heavy atom. The molecule has 0 fully saturated rings. The largest absolute Gasteiger partial charge is 0.494 e. The number of rotatable bonds is 15. The molecule has 0 spiro atoms. The zero-order valence-corrected chi connectivity index (χ0v) is 18.2. The molecule has 0 heterocycles. The first-order valence-electron chi connectivity index (χ1n) is 11.0. The van der Waals surface area contributed by atoms with Crippen LogP contribution in [0.5, 0.6) is 5.75 Å². The third-order valence-electron chi connectivity index (χ3n) is 5.69. The second kappa shape index (κ2) is 13.2. The van der Waals surface area contributed by atoms with E-state index in [1.54, 1.807) is 0 Å². The monoisotopic (exact) mass is 377 g/mol. The van der Waals surface area contributed by atoms with Gasteiger partial charge in [0.25, 0.3) is 0 Å². The van der Waals surface area contributed by atoms with Crippen LogP contribution in [-0.4, -0.2) is 23.9 Å². The summed E-state index contributed by atoms with van der Waals surface area (Å²) in [6.45, 7) is 9.86. The normalized spacial score (nSPS) is 14.9. The van der Waals surface area contributed by atoms with Gasteiger partial charge in [0.15, 0.2) is 0 Å². The number of aliphatic hydroxyl groups excluding tert-OH is 1. The Balaban J connectivity index is 2.17. The molecule has 0 bridgehead atoms. The summed E-state index contributed by atoms with van der Waals surface area (Å²) < 4.78 is 5.88. The van der Waals surface area contributed by atoms with Crippen molar-refractivity contribution in [3.8, 4) is 5.75 Å². The van der Waals surface area contributed by atoms with Crippen molar-refractivity contribution >= 4 is 0 Å². The van der Waals surface area contributed by atoms with Gasteiger partial charge in [0.1, 0.15) is 5.75 Å². The molecular formula is C24H43NO2. The van der Waals surface area contributed by atoms with E-state index in [1.807, 2.05) is 19.1 Å². The summed E-state index contributed by atoms with van der Waals surface area (Å²) in [5.41, 5.74) is 6.94. The minimum absolute atomic E-state index is 0.0427. The topological polar surface area (TPSA) is 55.5 Å². The van der Waals surface area contributed by atoms with E-state index in [9.17, 15) is 5.11 Å². The lowest BCUT2D eigenvalue weighted by Gasteiger charge is -2.25. The Kier molecular flexibility index (Phi) is 11.7. The summed E-state index contributed by atoms with van der Waals surface area (Å²) in [7, 11) is 0. The van der Waals surface area contributed by atoms with Crippen LogP contribution in [0.4, 0.5) is 0 Å². The Morgan fingerprint density at radius 3 is 2.26 bits per heavy atom. The van der Waals surface area contributed by atoms with Gasteiger partial charge in [-0.1, -0.05) is 65.5 Å². The highest BCUT2D eigenvalue weighted by Gasteiger charge is 2.20. The van der Waals surface area contributed by atoms with Crippen LogP contribution in [0.25, 0.3) is 0 Å². The SMILES string of the molecule is CC[C@@](N)(CO)CCc1ccc(OCCCCC(C)CCCC(C)C)cc1. The van der Waals surface area contributed by atoms with Crippen LogP contribution in [-0.2, 0) is 6.42 Å². The van der Waals surface area contributed by atoms with Crippen LogP contribution in [0.15, 0.2) is 24.3 Å². The Hall–Kier alpha value is -1.06. The van der Waals surface area contributed by atoms with Gasteiger partial charge in [-0.2, -0.15) is 0 Å². The zero-order chi connectivity index (χ0) is 20.1. The average Bonchev–Trinajstić information content (AvgIpc) is 2.66. The number of ether oxygens (including phenoxy) is 1. The van der Waals surface area contributed by atoms with E-state index in [4.69, 9.17) is 10.5 Å². The zero-order valence-electron chi connectivity index (χ0n) is 18.2. The number of hydrogen-bond donors (Lipinski definition) is 2. The van der Waals surface area contributed by atoms with Crippen molar-refractivity contribution in [3.63, 3.8) is 0 Å². The number of hydrogen-bond acceptors (Lipinski definition) is 3. The molecule has 0 aliphatic rings. The standard InChI is InChI=1S/C24H43NO2/c1-5-24(25,19-26)17-16-22-12-14-23(15-13-22)27-18-7-6-10-21(4)11-8-9-20(2)3/h12-15,20-21,26H,5-11,16-19,25H2,1-4H3/t21?,24-/m0/s1. The summed E-state index contributed by atoms with van der Waals surface area (Å²) in [5, 5.41) is 9.40. The fourth-order valence-electron chi connectivity index (χ4n) is 3.32. The lowest BCUT2D eigenvalue weighted by atomic mass is 9.90. The van der Waals surface area contributed by atoms with Crippen molar-refractivity contribution in [1.82, 2.24) is 0 Å². The first-order chi connectivity index (χ1) is 12.9. The fourth-order valence-corrected chi connectivity index (χ4v) is 3.32. The van der Waals surface area contributed by atoms with Crippen LogP contribution in [0.1, 0.15) is 84.6 Å². The molecule has 2 atom stereocenters. The lowest BCUT2D eigenvalue weighted by molar-refractivity contribution is 0.183. The van der Waals surface area contributed by atoms with Crippen LogP contribution in [0.3, 0.4) is 0 Å². The van der Waals surface area contributed by atoms with Crippen molar-refractivity contribution in [2.24, 2.45) is 17.6 Å². The fraction of sp³-hybridized carbons (Fsp3) is 0.750. The predicted molar refractivity (Wildman–Crippen MR) is 116 cm³/mol. The van der Waals surface area contributed by atoms with Gasteiger partial charge in [-0.05, 0) is 61.6 Å². The van der Waals surface area contributed by atoms with Gasteiger partial charge in [-0.15, -0.1) is 0 Å². The van der Waals surface area contributed by atoms with Crippen molar-refractivity contribution in [1.29, 1.82) is 0 Å². The first-order valence-corrected chi connectivity index (χ1v) is 11.0. The molecule has 3 N–H and O–H groups in total.